The molecule has 0 atom stereocenters. The molecule has 1 saturated heterocycles. The largest absolute Gasteiger partial charge is 0.409 e. The summed E-state index contributed by atoms with van der Waals surface area (Å²) in [5, 5.41) is 12.0. The van der Waals surface area contributed by atoms with E-state index in [4.69, 9.17) is 10.9 Å². The molecule has 0 unspecified atom stereocenters. The molecule has 0 radical (unpaired) electrons. The Balaban J connectivity index is 3.03. The van der Waals surface area contributed by atoms with Crippen molar-refractivity contribution in [2.75, 3.05) is 27.2 Å². The number of hydrogen-bond donors (Lipinski definition) is 3. The van der Waals surface area contributed by atoms with Crippen molar-refractivity contribution in [2.45, 2.75) is 38.3 Å². The molecule has 0 aromatic heterocycles. The topological polar surface area (TPSA) is 111 Å². The first-order valence-corrected chi connectivity index (χ1v) is 8.02. The van der Waals surface area contributed by atoms with Crippen molar-refractivity contribution in [3.05, 3.63) is 0 Å². The average Bonchev–Trinajstić information content (AvgIpc) is 2.39. The quantitative estimate of drug-likeness (QED) is 0.271. The van der Waals surface area contributed by atoms with Gasteiger partial charge in [0.1, 0.15) is 0 Å². The number of hydrogen-bond acceptors (Lipinski definition) is 5. The molecule has 1 fully saturated rings. The van der Waals surface area contributed by atoms with Crippen LogP contribution in [0.3, 0.4) is 0 Å². The van der Waals surface area contributed by atoms with E-state index in [2.05, 4.69) is 14.8 Å². The predicted molar refractivity (Wildman–Crippen MR) is 77.8 cm³/mol. The second kappa shape index (κ2) is 6.25. The SMILES string of the molecule is CC(C)N(C)S(=O)(=O)NC1(C(N)=NO)CCN(C)CC1. The molecule has 1 rings (SSSR count). The lowest BCUT2D eigenvalue weighted by Crippen LogP contribution is -2.64. The molecular formula is C11H25N5O3S. The fourth-order valence-electron chi connectivity index (χ4n) is 2.10. The van der Waals surface area contributed by atoms with Gasteiger partial charge in [-0.05, 0) is 33.7 Å². The van der Waals surface area contributed by atoms with Gasteiger partial charge < -0.3 is 15.8 Å². The lowest BCUT2D eigenvalue weighted by molar-refractivity contribution is 0.210. The van der Waals surface area contributed by atoms with Crippen LogP contribution in [0.5, 0.6) is 0 Å². The van der Waals surface area contributed by atoms with Crippen molar-refractivity contribution < 1.29 is 13.6 Å². The number of oxime groups is 1. The lowest BCUT2D eigenvalue weighted by atomic mass is 9.88. The zero-order chi connectivity index (χ0) is 15.6. The van der Waals surface area contributed by atoms with E-state index in [9.17, 15) is 8.42 Å². The molecule has 118 valence electrons. The third-order valence-corrected chi connectivity index (χ3v) is 5.70. The Morgan fingerprint density at radius 1 is 1.45 bits per heavy atom. The number of likely N-dealkylation sites (tertiary alicyclic amines) is 1. The first kappa shape index (κ1) is 17.2. The molecule has 1 aliphatic heterocycles. The van der Waals surface area contributed by atoms with Gasteiger partial charge >= 0.3 is 0 Å². The monoisotopic (exact) mass is 307 g/mol. The van der Waals surface area contributed by atoms with Crippen LogP contribution < -0.4 is 10.5 Å². The highest BCUT2D eigenvalue weighted by Gasteiger charge is 2.42. The molecule has 0 saturated carbocycles. The Labute approximate surface area is 120 Å². The zero-order valence-corrected chi connectivity index (χ0v) is 13.3. The summed E-state index contributed by atoms with van der Waals surface area (Å²) in [5.41, 5.74) is 4.72. The van der Waals surface area contributed by atoms with Crippen LogP contribution in [0.25, 0.3) is 0 Å². The minimum Gasteiger partial charge on any atom is -0.409 e. The third kappa shape index (κ3) is 3.60. The van der Waals surface area contributed by atoms with E-state index in [1.54, 1.807) is 13.8 Å². The third-order valence-electron chi connectivity index (χ3n) is 3.87. The number of nitrogens with two attached hydrogens (primary N) is 1. The van der Waals surface area contributed by atoms with Gasteiger partial charge in [-0.2, -0.15) is 17.4 Å². The first-order valence-electron chi connectivity index (χ1n) is 6.58. The second-order valence-corrected chi connectivity index (χ2v) is 7.32. The van der Waals surface area contributed by atoms with Crippen molar-refractivity contribution in [2.24, 2.45) is 10.9 Å². The Hall–Kier alpha value is -0.900. The van der Waals surface area contributed by atoms with E-state index in [0.29, 0.717) is 25.9 Å². The highest BCUT2D eigenvalue weighted by Crippen LogP contribution is 2.24. The fourth-order valence-corrected chi connectivity index (χ4v) is 3.60. The van der Waals surface area contributed by atoms with E-state index in [-0.39, 0.29) is 11.9 Å². The molecule has 0 aromatic carbocycles. The second-order valence-electron chi connectivity index (χ2n) is 5.59. The van der Waals surface area contributed by atoms with Gasteiger partial charge in [0.2, 0.25) is 0 Å². The maximum absolute atomic E-state index is 12.4. The van der Waals surface area contributed by atoms with Crippen LogP contribution in [-0.2, 0) is 10.2 Å². The van der Waals surface area contributed by atoms with E-state index in [0.717, 1.165) is 0 Å². The van der Waals surface area contributed by atoms with Crippen LogP contribution in [0.15, 0.2) is 5.16 Å². The highest BCUT2D eigenvalue weighted by molar-refractivity contribution is 7.87. The molecule has 0 aromatic rings. The Morgan fingerprint density at radius 2 is 1.95 bits per heavy atom. The van der Waals surface area contributed by atoms with Gasteiger partial charge in [0.15, 0.2) is 5.84 Å². The molecule has 20 heavy (non-hydrogen) atoms. The summed E-state index contributed by atoms with van der Waals surface area (Å²) >= 11 is 0. The Morgan fingerprint density at radius 3 is 2.35 bits per heavy atom. The first-order chi connectivity index (χ1) is 9.14. The molecule has 0 bridgehead atoms. The van der Waals surface area contributed by atoms with Crippen molar-refractivity contribution in [1.29, 1.82) is 0 Å². The predicted octanol–water partition coefficient (Wildman–Crippen LogP) is -0.628. The van der Waals surface area contributed by atoms with Gasteiger partial charge in [-0.1, -0.05) is 5.16 Å². The minimum absolute atomic E-state index is 0.0914. The maximum Gasteiger partial charge on any atom is 0.280 e. The molecule has 0 aliphatic carbocycles. The Bertz CT molecular complexity index is 455. The summed E-state index contributed by atoms with van der Waals surface area (Å²) in [6.45, 7) is 4.91. The van der Waals surface area contributed by atoms with E-state index >= 15 is 0 Å². The number of nitrogens with zero attached hydrogens (tertiary/aromatic N) is 3. The molecule has 4 N–H and O–H groups in total. The fraction of sp³-hybridized carbons (Fsp3) is 0.909. The number of nitrogens with one attached hydrogen (secondary N) is 1. The summed E-state index contributed by atoms with van der Waals surface area (Å²) in [5.74, 6) is -0.0914. The molecule has 1 heterocycles. The lowest BCUT2D eigenvalue weighted by Gasteiger charge is -2.40. The van der Waals surface area contributed by atoms with Crippen LogP contribution in [-0.4, -0.2) is 67.4 Å². The van der Waals surface area contributed by atoms with Gasteiger partial charge in [-0.15, -0.1) is 0 Å². The van der Waals surface area contributed by atoms with Crippen LogP contribution in [0, 0.1) is 0 Å². The van der Waals surface area contributed by atoms with E-state index < -0.39 is 15.7 Å². The van der Waals surface area contributed by atoms with Crippen LogP contribution in [0.1, 0.15) is 26.7 Å². The molecule has 0 amide bonds. The number of amidine groups is 1. The van der Waals surface area contributed by atoms with Gasteiger partial charge in [0, 0.05) is 26.2 Å². The summed E-state index contributed by atoms with van der Waals surface area (Å²) in [7, 11) is -0.246. The highest BCUT2D eigenvalue weighted by atomic mass is 32.2. The smallest absolute Gasteiger partial charge is 0.280 e. The summed E-state index contributed by atoms with van der Waals surface area (Å²) in [6, 6.07) is -0.178. The van der Waals surface area contributed by atoms with Crippen LogP contribution >= 0.6 is 0 Å². The van der Waals surface area contributed by atoms with Gasteiger partial charge in [0.05, 0.1) is 5.54 Å². The summed E-state index contributed by atoms with van der Waals surface area (Å²) in [4.78, 5) is 2.07. The van der Waals surface area contributed by atoms with Crippen molar-refractivity contribution in [1.82, 2.24) is 13.9 Å². The maximum atomic E-state index is 12.4. The summed E-state index contributed by atoms with van der Waals surface area (Å²) < 4.78 is 28.6. The van der Waals surface area contributed by atoms with E-state index in [1.165, 1.54) is 11.4 Å². The minimum atomic E-state index is -3.70. The van der Waals surface area contributed by atoms with Gasteiger partial charge in [0.25, 0.3) is 10.2 Å². The van der Waals surface area contributed by atoms with Crippen LogP contribution in [0.2, 0.25) is 0 Å². The molecule has 8 nitrogen and oxygen atoms in total. The molecule has 0 spiro atoms. The van der Waals surface area contributed by atoms with Crippen LogP contribution in [0.4, 0.5) is 0 Å². The molecule has 1 aliphatic rings. The van der Waals surface area contributed by atoms with Gasteiger partial charge in [-0.3, -0.25) is 0 Å². The normalized spacial score (nSPS) is 21.6. The van der Waals surface area contributed by atoms with Crippen molar-refractivity contribution in [3.8, 4) is 0 Å². The molecular weight excluding hydrogens is 282 g/mol. The van der Waals surface area contributed by atoms with Gasteiger partial charge in [-0.25, -0.2) is 0 Å². The molecule has 9 heteroatoms. The van der Waals surface area contributed by atoms with E-state index in [1.807, 2.05) is 7.05 Å². The number of rotatable bonds is 5. The number of piperidine rings is 1. The average molecular weight is 307 g/mol. The Kier molecular flexibility index (Phi) is 5.36. The van der Waals surface area contributed by atoms with Crippen molar-refractivity contribution in [3.63, 3.8) is 0 Å². The standard InChI is InChI=1S/C11H25N5O3S/c1-9(2)16(4)20(18,19)14-11(10(12)13-17)5-7-15(3)8-6-11/h9,14,17H,5-8H2,1-4H3,(H2,12,13). The van der Waals surface area contributed by atoms with Crippen molar-refractivity contribution >= 4 is 16.0 Å². The zero-order valence-electron chi connectivity index (χ0n) is 12.5. The summed E-state index contributed by atoms with van der Waals surface area (Å²) in [6.07, 6.45) is 0.926.